The fraction of sp³-hybridized carbons (Fsp3) is 0.444. The second-order valence-corrected chi connectivity index (χ2v) is 10.1. The summed E-state index contributed by atoms with van der Waals surface area (Å²) in [4.78, 5) is 19.5. The van der Waals surface area contributed by atoms with Gasteiger partial charge in [0.15, 0.2) is 5.82 Å². The third-order valence-electron chi connectivity index (χ3n) is 7.49. The summed E-state index contributed by atoms with van der Waals surface area (Å²) in [7, 11) is 0. The number of carbonyl (C=O) groups is 1. The Bertz CT molecular complexity index is 1350. The van der Waals surface area contributed by atoms with E-state index in [-0.39, 0.29) is 23.5 Å². The van der Waals surface area contributed by atoms with Gasteiger partial charge in [-0.15, -0.1) is 13.2 Å². The second kappa shape index (κ2) is 9.70. The van der Waals surface area contributed by atoms with Gasteiger partial charge in [0.1, 0.15) is 5.75 Å². The highest BCUT2D eigenvalue weighted by Gasteiger charge is 2.47. The lowest BCUT2D eigenvalue weighted by atomic mass is 9.87. The molecule has 1 amide bonds. The lowest BCUT2D eigenvalue weighted by Gasteiger charge is -2.41. The van der Waals surface area contributed by atoms with Crippen LogP contribution in [0.1, 0.15) is 40.7 Å². The van der Waals surface area contributed by atoms with E-state index in [2.05, 4.69) is 25.1 Å². The maximum absolute atomic E-state index is 12.9. The molecule has 2 aromatic carbocycles. The first-order chi connectivity index (χ1) is 18.2. The Morgan fingerprint density at radius 1 is 1.21 bits per heavy atom. The summed E-state index contributed by atoms with van der Waals surface area (Å²) < 4.78 is 53.2. The van der Waals surface area contributed by atoms with Crippen LogP contribution in [0.4, 0.5) is 13.2 Å². The molecule has 3 heterocycles. The number of fused-ring (bicyclic) bond motifs is 1. The number of alkyl halides is 3. The molecule has 1 aliphatic carbocycles. The number of amides is 1. The van der Waals surface area contributed by atoms with E-state index < -0.39 is 6.36 Å². The first-order valence-electron chi connectivity index (χ1n) is 12.6. The first kappa shape index (κ1) is 24.9. The first-order valence-corrected chi connectivity index (χ1v) is 12.6. The normalized spacial score (nSPS) is 21.5. The molecule has 0 spiro atoms. The van der Waals surface area contributed by atoms with Crippen molar-refractivity contribution in [2.45, 2.75) is 51.2 Å². The zero-order valence-electron chi connectivity index (χ0n) is 20.8. The topological polar surface area (TPSA) is 89.7 Å². The second-order valence-electron chi connectivity index (χ2n) is 10.1. The highest BCUT2D eigenvalue weighted by atomic mass is 19.4. The SMILES string of the molecule is Cc1noc([C@@H]2C[C@H]2C(=O)NCc2ccc(-c3cccc(OC(F)(F)F)c3)c3c2CN(C2COC2)CC3)n1. The third kappa shape index (κ3) is 5.12. The van der Waals surface area contributed by atoms with E-state index in [4.69, 9.17) is 9.26 Å². The van der Waals surface area contributed by atoms with Crippen LogP contribution in [0.15, 0.2) is 40.9 Å². The van der Waals surface area contributed by atoms with Crippen molar-refractivity contribution in [3.8, 4) is 16.9 Å². The molecule has 38 heavy (non-hydrogen) atoms. The minimum absolute atomic E-state index is 0.0483. The predicted molar refractivity (Wildman–Crippen MR) is 129 cm³/mol. The smallest absolute Gasteiger partial charge is 0.406 e. The number of hydrogen-bond donors (Lipinski definition) is 1. The number of halogens is 3. The summed E-state index contributed by atoms with van der Waals surface area (Å²) in [6, 6.07) is 10.3. The molecule has 2 aliphatic heterocycles. The summed E-state index contributed by atoms with van der Waals surface area (Å²) in [5.41, 5.74) is 4.72. The molecular formula is C27H27F3N4O4. The van der Waals surface area contributed by atoms with Crippen LogP contribution in [0.2, 0.25) is 0 Å². The molecule has 3 aromatic rings. The van der Waals surface area contributed by atoms with Crippen LogP contribution in [0, 0.1) is 12.8 Å². The highest BCUT2D eigenvalue weighted by molar-refractivity contribution is 5.82. The lowest BCUT2D eigenvalue weighted by molar-refractivity contribution is -0.274. The third-order valence-corrected chi connectivity index (χ3v) is 7.49. The average molecular weight is 529 g/mol. The lowest BCUT2D eigenvalue weighted by Crippen LogP contribution is -2.50. The maximum atomic E-state index is 12.9. The van der Waals surface area contributed by atoms with E-state index >= 15 is 0 Å². The van der Waals surface area contributed by atoms with Crippen molar-refractivity contribution in [3.63, 3.8) is 0 Å². The zero-order chi connectivity index (χ0) is 26.4. The van der Waals surface area contributed by atoms with Crippen molar-refractivity contribution in [2.75, 3.05) is 19.8 Å². The van der Waals surface area contributed by atoms with Crippen molar-refractivity contribution >= 4 is 5.91 Å². The van der Waals surface area contributed by atoms with Gasteiger partial charge in [-0.25, -0.2) is 0 Å². The van der Waals surface area contributed by atoms with Gasteiger partial charge in [0.05, 0.1) is 31.1 Å². The minimum atomic E-state index is -4.76. The number of rotatable bonds is 7. The predicted octanol–water partition coefficient (Wildman–Crippen LogP) is 4.12. The molecule has 200 valence electrons. The molecule has 6 rings (SSSR count). The molecule has 0 radical (unpaired) electrons. The number of nitrogens with one attached hydrogen (secondary N) is 1. The van der Waals surface area contributed by atoms with Gasteiger partial charge in [-0.3, -0.25) is 9.69 Å². The van der Waals surface area contributed by atoms with Crippen LogP contribution >= 0.6 is 0 Å². The summed E-state index contributed by atoms with van der Waals surface area (Å²) >= 11 is 0. The molecule has 1 saturated carbocycles. The van der Waals surface area contributed by atoms with Crippen LogP contribution < -0.4 is 10.1 Å². The molecule has 8 nitrogen and oxygen atoms in total. The van der Waals surface area contributed by atoms with E-state index in [0.29, 0.717) is 56.0 Å². The van der Waals surface area contributed by atoms with E-state index in [1.807, 2.05) is 12.1 Å². The van der Waals surface area contributed by atoms with Gasteiger partial charge >= 0.3 is 6.36 Å². The Kier molecular flexibility index (Phi) is 6.35. The van der Waals surface area contributed by atoms with Crippen molar-refractivity contribution in [3.05, 3.63) is 64.8 Å². The molecule has 3 aliphatic rings. The Morgan fingerprint density at radius 3 is 2.76 bits per heavy atom. The number of carbonyl (C=O) groups excluding carboxylic acids is 1. The van der Waals surface area contributed by atoms with E-state index in [1.54, 1.807) is 19.1 Å². The molecule has 1 N–H and O–H groups in total. The minimum Gasteiger partial charge on any atom is -0.406 e. The van der Waals surface area contributed by atoms with Crippen LogP contribution in [0.3, 0.4) is 0 Å². The Balaban J connectivity index is 1.24. The van der Waals surface area contributed by atoms with E-state index in [9.17, 15) is 18.0 Å². The number of nitrogens with zero attached hydrogens (tertiary/aromatic N) is 3. The molecule has 0 unspecified atom stereocenters. The van der Waals surface area contributed by atoms with Gasteiger partial charge in [-0.1, -0.05) is 29.4 Å². The summed E-state index contributed by atoms with van der Waals surface area (Å²) in [5.74, 6) is 0.507. The fourth-order valence-corrected chi connectivity index (χ4v) is 5.34. The number of aromatic nitrogens is 2. The molecule has 0 bridgehead atoms. The highest BCUT2D eigenvalue weighted by Crippen LogP contribution is 2.47. The van der Waals surface area contributed by atoms with Crippen LogP contribution in [-0.4, -0.2) is 53.1 Å². The van der Waals surface area contributed by atoms with Gasteiger partial charge in [0, 0.05) is 19.6 Å². The van der Waals surface area contributed by atoms with Crippen molar-refractivity contribution in [1.29, 1.82) is 0 Å². The van der Waals surface area contributed by atoms with Crippen LogP contribution in [0.5, 0.6) is 5.75 Å². The Labute approximate surface area is 217 Å². The van der Waals surface area contributed by atoms with Crippen LogP contribution in [0.25, 0.3) is 11.1 Å². The van der Waals surface area contributed by atoms with Gasteiger partial charge in [-0.05, 0) is 59.7 Å². The maximum Gasteiger partial charge on any atom is 0.573 e. The zero-order valence-corrected chi connectivity index (χ0v) is 20.8. The van der Waals surface area contributed by atoms with E-state index in [1.165, 1.54) is 12.1 Å². The molecule has 2 fully saturated rings. The summed E-state index contributed by atoms with van der Waals surface area (Å²) in [6.07, 6.45) is -3.33. The monoisotopic (exact) mass is 528 g/mol. The Morgan fingerprint density at radius 2 is 2.05 bits per heavy atom. The molecular weight excluding hydrogens is 501 g/mol. The van der Waals surface area contributed by atoms with E-state index in [0.717, 1.165) is 35.2 Å². The molecule has 2 atom stereocenters. The fourth-order valence-electron chi connectivity index (χ4n) is 5.34. The quantitative estimate of drug-likeness (QED) is 0.494. The van der Waals surface area contributed by atoms with Crippen molar-refractivity contribution in [1.82, 2.24) is 20.4 Å². The summed E-state index contributed by atoms with van der Waals surface area (Å²) in [6.45, 7) is 5.01. The van der Waals surface area contributed by atoms with Gasteiger partial charge in [0.2, 0.25) is 11.8 Å². The number of benzene rings is 2. The van der Waals surface area contributed by atoms with Crippen molar-refractivity contribution < 1.29 is 32.0 Å². The average Bonchev–Trinajstić information content (AvgIpc) is 3.53. The standard InChI is InChI=1S/C27H27F3N4O4/c1-15-32-26(38-33-15)23-10-22(23)25(35)31-11-17-5-6-20(16-3-2-4-19(9-16)37-27(28,29)30)21-7-8-34(12-24(17)21)18-13-36-14-18/h2-6,9,18,22-23H,7-8,10-14H2,1H3,(H,31,35)/t22-,23-/m1/s1. The number of hydrogen-bond acceptors (Lipinski definition) is 7. The molecule has 1 aromatic heterocycles. The number of ether oxygens (including phenoxy) is 2. The van der Waals surface area contributed by atoms with Gasteiger partial charge in [0.25, 0.3) is 0 Å². The summed E-state index contributed by atoms with van der Waals surface area (Å²) in [5, 5.41) is 6.87. The van der Waals surface area contributed by atoms with Gasteiger partial charge < -0.3 is 19.3 Å². The molecule has 1 saturated heterocycles. The van der Waals surface area contributed by atoms with Crippen LogP contribution in [-0.2, 0) is 29.0 Å². The van der Waals surface area contributed by atoms with Crippen molar-refractivity contribution in [2.24, 2.45) is 5.92 Å². The largest absolute Gasteiger partial charge is 0.573 e. The Hall–Kier alpha value is -3.44. The molecule has 11 heteroatoms. The van der Waals surface area contributed by atoms with Gasteiger partial charge in [-0.2, -0.15) is 4.98 Å². The number of aryl methyl sites for hydroxylation is 1.